The van der Waals surface area contributed by atoms with Gasteiger partial charge in [0.15, 0.2) is 5.78 Å². The van der Waals surface area contributed by atoms with Crippen LogP contribution >= 0.6 is 0 Å². The summed E-state index contributed by atoms with van der Waals surface area (Å²) in [6.45, 7) is 9.09. The van der Waals surface area contributed by atoms with E-state index in [1.807, 2.05) is 18.2 Å². The summed E-state index contributed by atoms with van der Waals surface area (Å²) in [6, 6.07) is 6.00. The van der Waals surface area contributed by atoms with Crippen molar-refractivity contribution in [2.45, 2.75) is 27.2 Å². The summed E-state index contributed by atoms with van der Waals surface area (Å²) in [5, 5.41) is 0. The van der Waals surface area contributed by atoms with Crippen LogP contribution in [0.25, 0.3) is 0 Å². The van der Waals surface area contributed by atoms with Crippen molar-refractivity contribution in [1.82, 2.24) is 4.90 Å². The highest BCUT2D eigenvalue weighted by Gasteiger charge is 2.21. The number of carbonyl (C=O) groups excluding carboxylic acids is 1. The zero-order valence-corrected chi connectivity index (χ0v) is 11.0. The Morgan fingerprint density at radius 3 is 2.71 bits per heavy atom. The molecule has 1 atom stereocenters. The first kappa shape index (κ1) is 12.3. The van der Waals surface area contributed by atoms with Crippen molar-refractivity contribution in [2.75, 3.05) is 19.6 Å². The van der Waals surface area contributed by atoms with Gasteiger partial charge in [-0.25, -0.2) is 0 Å². The molecule has 1 aliphatic rings. The third-order valence-corrected chi connectivity index (χ3v) is 3.70. The van der Waals surface area contributed by atoms with Gasteiger partial charge in [-0.15, -0.1) is 0 Å². The SMILES string of the molecule is Cc1ccc(C(=O)CN2CCC(C)C2)cc1C. The molecule has 17 heavy (non-hydrogen) atoms. The van der Waals surface area contributed by atoms with Gasteiger partial charge in [-0.05, 0) is 49.9 Å². The molecule has 0 spiro atoms. The number of hydrogen-bond donors (Lipinski definition) is 0. The van der Waals surface area contributed by atoms with Crippen LogP contribution in [0, 0.1) is 19.8 Å². The third-order valence-electron chi connectivity index (χ3n) is 3.70. The van der Waals surface area contributed by atoms with E-state index in [-0.39, 0.29) is 5.78 Å². The van der Waals surface area contributed by atoms with Crippen LogP contribution in [-0.2, 0) is 0 Å². The summed E-state index contributed by atoms with van der Waals surface area (Å²) in [5.74, 6) is 0.991. The Hall–Kier alpha value is -1.15. The van der Waals surface area contributed by atoms with E-state index >= 15 is 0 Å². The summed E-state index contributed by atoms with van der Waals surface area (Å²) in [7, 11) is 0. The summed E-state index contributed by atoms with van der Waals surface area (Å²) in [6.07, 6.45) is 1.22. The molecule has 0 aliphatic carbocycles. The van der Waals surface area contributed by atoms with Crippen molar-refractivity contribution in [1.29, 1.82) is 0 Å². The molecule has 0 amide bonds. The van der Waals surface area contributed by atoms with E-state index in [1.165, 1.54) is 17.5 Å². The van der Waals surface area contributed by atoms with Gasteiger partial charge in [-0.2, -0.15) is 0 Å². The summed E-state index contributed by atoms with van der Waals surface area (Å²) >= 11 is 0. The number of hydrogen-bond acceptors (Lipinski definition) is 2. The van der Waals surface area contributed by atoms with Crippen LogP contribution in [0.15, 0.2) is 18.2 Å². The summed E-state index contributed by atoms with van der Waals surface area (Å²) in [4.78, 5) is 14.4. The molecule has 2 heteroatoms. The Bertz CT molecular complexity index is 425. The fraction of sp³-hybridized carbons (Fsp3) is 0.533. The van der Waals surface area contributed by atoms with Crippen molar-refractivity contribution in [3.05, 3.63) is 34.9 Å². The Kier molecular flexibility index (Phi) is 3.63. The van der Waals surface area contributed by atoms with Crippen LogP contribution in [0.5, 0.6) is 0 Å². The molecule has 1 fully saturated rings. The van der Waals surface area contributed by atoms with E-state index in [4.69, 9.17) is 0 Å². The standard InChI is InChI=1S/C15H21NO/c1-11-6-7-16(9-11)10-15(17)14-5-4-12(2)13(3)8-14/h4-5,8,11H,6-7,9-10H2,1-3H3. The van der Waals surface area contributed by atoms with Crippen LogP contribution in [0.4, 0.5) is 0 Å². The molecule has 92 valence electrons. The van der Waals surface area contributed by atoms with E-state index in [1.54, 1.807) is 0 Å². The smallest absolute Gasteiger partial charge is 0.176 e. The van der Waals surface area contributed by atoms with Crippen LogP contribution in [0.2, 0.25) is 0 Å². The Balaban J connectivity index is 2.02. The largest absolute Gasteiger partial charge is 0.296 e. The number of Topliss-reactive ketones (excluding diaryl/α,β-unsaturated/α-hetero) is 1. The van der Waals surface area contributed by atoms with Gasteiger partial charge in [0.05, 0.1) is 6.54 Å². The molecule has 0 radical (unpaired) electrons. The van der Waals surface area contributed by atoms with Crippen molar-refractivity contribution < 1.29 is 4.79 Å². The van der Waals surface area contributed by atoms with Gasteiger partial charge >= 0.3 is 0 Å². The van der Waals surface area contributed by atoms with Crippen molar-refractivity contribution in [3.8, 4) is 0 Å². The number of ketones is 1. The number of carbonyl (C=O) groups is 1. The number of benzene rings is 1. The molecule has 1 unspecified atom stereocenters. The van der Waals surface area contributed by atoms with Gasteiger partial charge in [0.1, 0.15) is 0 Å². The fourth-order valence-electron chi connectivity index (χ4n) is 2.38. The molecule has 0 bridgehead atoms. The van der Waals surface area contributed by atoms with Gasteiger partial charge in [0, 0.05) is 12.1 Å². The third kappa shape index (κ3) is 2.95. The van der Waals surface area contributed by atoms with Crippen molar-refractivity contribution >= 4 is 5.78 Å². The topological polar surface area (TPSA) is 20.3 Å². The maximum absolute atomic E-state index is 12.1. The van der Waals surface area contributed by atoms with Gasteiger partial charge in [-0.3, -0.25) is 9.69 Å². The second-order valence-electron chi connectivity index (χ2n) is 5.35. The zero-order chi connectivity index (χ0) is 12.4. The van der Waals surface area contributed by atoms with E-state index in [0.29, 0.717) is 6.54 Å². The van der Waals surface area contributed by atoms with E-state index < -0.39 is 0 Å². The first-order chi connectivity index (χ1) is 8.06. The molecular weight excluding hydrogens is 210 g/mol. The molecule has 1 aliphatic heterocycles. The molecule has 1 heterocycles. The lowest BCUT2D eigenvalue weighted by Crippen LogP contribution is -2.27. The predicted molar refractivity (Wildman–Crippen MR) is 70.5 cm³/mol. The summed E-state index contributed by atoms with van der Waals surface area (Å²) in [5.41, 5.74) is 3.30. The van der Waals surface area contributed by atoms with Crippen LogP contribution < -0.4 is 0 Å². The lowest BCUT2D eigenvalue weighted by Gasteiger charge is -2.14. The normalized spacial score (nSPS) is 20.8. The number of nitrogens with zero attached hydrogens (tertiary/aromatic N) is 1. The van der Waals surface area contributed by atoms with Crippen LogP contribution in [0.3, 0.4) is 0 Å². The number of likely N-dealkylation sites (tertiary alicyclic amines) is 1. The Morgan fingerprint density at radius 1 is 1.35 bits per heavy atom. The first-order valence-electron chi connectivity index (χ1n) is 6.39. The predicted octanol–water partition coefficient (Wildman–Crippen LogP) is 2.83. The molecule has 1 aromatic rings. The second-order valence-corrected chi connectivity index (χ2v) is 5.35. The minimum atomic E-state index is 0.252. The highest BCUT2D eigenvalue weighted by atomic mass is 16.1. The average molecular weight is 231 g/mol. The van der Waals surface area contributed by atoms with Crippen molar-refractivity contribution in [2.24, 2.45) is 5.92 Å². The number of rotatable bonds is 3. The minimum absolute atomic E-state index is 0.252. The Morgan fingerprint density at radius 2 is 2.12 bits per heavy atom. The number of aryl methyl sites for hydroxylation is 2. The lowest BCUT2D eigenvalue weighted by atomic mass is 10.0. The van der Waals surface area contributed by atoms with Gasteiger partial charge in [0.25, 0.3) is 0 Å². The van der Waals surface area contributed by atoms with E-state index in [9.17, 15) is 4.79 Å². The Labute approximate surface area is 104 Å². The van der Waals surface area contributed by atoms with Crippen LogP contribution in [-0.4, -0.2) is 30.3 Å². The highest BCUT2D eigenvalue weighted by Crippen LogP contribution is 2.16. The molecule has 1 saturated heterocycles. The maximum atomic E-state index is 12.1. The monoisotopic (exact) mass is 231 g/mol. The van der Waals surface area contributed by atoms with Gasteiger partial charge in [-0.1, -0.05) is 19.1 Å². The van der Waals surface area contributed by atoms with E-state index in [0.717, 1.165) is 24.6 Å². The molecule has 0 N–H and O–H groups in total. The average Bonchev–Trinajstić information content (AvgIpc) is 2.68. The lowest BCUT2D eigenvalue weighted by molar-refractivity contribution is 0.0943. The summed E-state index contributed by atoms with van der Waals surface area (Å²) < 4.78 is 0. The highest BCUT2D eigenvalue weighted by molar-refractivity contribution is 5.97. The second kappa shape index (κ2) is 5.01. The molecule has 0 aromatic heterocycles. The molecule has 0 saturated carbocycles. The minimum Gasteiger partial charge on any atom is -0.296 e. The molecule has 2 nitrogen and oxygen atoms in total. The van der Waals surface area contributed by atoms with E-state index in [2.05, 4.69) is 25.7 Å². The fourth-order valence-corrected chi connectivity index (χ4v) is 2.38. The quantitative estimate of drug-likeness (QED) is 0.746. The van der Waals surface area contributed by atoms with Gasteiger partial charge in [0.2, 0.25) is 0 Å². The molecular formula is C15H21NO. The van der Waals surface area contributed by atoms with Gasteiger partial charge < -0.3 is 0 Å². The van der Waals surface area contributed by atoms with Crippen LogP contribution in [0.1, 0.15) is 34.8 Å². The maximum Gasteiger partial charge on any atom is 0.176 e. The first-order valence-corrected chi connectivity index (χ1v) is 6.39. The molecule has 2 rings (SSSR count). The zero-order valence-electron chi connectivity index (χ0n) is 11.0. The molecule has 1 aromatic carbocycles. The van der Waals surface area contributed by atoms with Crippen molar-refractivity contribution in [3.63, 3.8) is 0 Å².